The molecule has 88 valence electrons. The number of aromatic nitrogens is 1. The molecule has 0 fully saturated rings. The molecule has 1 aromatic heterocycles. The average Bonchev–Trinajstić information content (AvgIpc) is 2.59. The van der Waals surface area contributed by atoms with E-state index in [1.54, 1.807) is 0 Å². The zero-order chi connectivity index (χ0) is 12.3. The minimum Gasteiger partial charge on any atom is -0.480 e. The molecule has 16 heavy (non-hydrogen) atoms. The third-order valence-electron chi connectivity index (χ3n) is 1.93. The summed E-state index contributed by atoms with van der Waals surface area (Å²) in [4.78, 5) is 24.8. The molecule has 1 heterocycles. The Hall–Kier alpha value is -1.53. The Morgan fingerprint density at radius 1 is 1.56 bits per heavy atom. The Balaban J connectivity index is 2.73. The number of aromatic amines is 1. The predicted molar refractivity (Wildman–Crippen MR) is 56.4 cm³/mol. The number of carbonyl (C=O) groups excluding carboxylic acids is 1. The van der Waals surface area contributed by atoms with E-state index < -0.39 is 24.0 Å². The number of aliphatic hydroxyl groups is 1. The highest BCUT2D eigenvalue weighted by atomic mass is 35.5. The number of amides is 1. The zero-order valence-electron chi connectivity index (χ0n) is 8.40. The van der Waals surface area contributed by atoms with Gasteiger partial charge in [0.1, 0.15) is 5.69 Å². The summed E-state index contributed by atoms with van der Waals surface area (Å²) in [6, 6.07) is 0.00672. The summed E-state index contributed by atoms with van der Waals surface area (Å²) in [6.45, 7) is 1.28. The highest BCUT2D eigenvalue weighted by Gasteiger charge is 2.25. The highest BCUT2D eigenvalue weighted by molar-refractivity contribution is 6.30. The quantitative estimate of drug-likeness (QED) is 0.611. The van der Waals surface area contributed by atoms with Crippen molar-refractivity contribution in [3.05, 3.63) is 23.0 Å². The van der Waals surface area contributed by atoms with Crippen LogP contribution < -0.4 is 5.32 Å². The molecule has 0 aliphatic carbocycles. The highest BCUT2D eigenvalue weighted by Crippen LogP contribution is 2.09. The Morgan fingerprint density at radius 3 is 2.56 bits per heavy atom. The lowest BCUT2D eigenvalue weighted by atomic mass is 10.2. The van der Waals surface area contributed by atoms with Crippen LogP contribution in [0.5, 0.6) is 0 Å². The molecular weight excluding hydrogens is 236 g/mol. The van der Waals surface area contributed by atoms with Crippen LogP contribution in [-0.4, -0.2) is 39.2 Å². The minimum atomic E-state index is -1.35. The molecule has 0 unspecified atom stereocenters. The van der Waals surface area contributed by atoms with Crippen LogP contribution in [0.3, 0.4) is 0 Å². The maximum Gasteiger partial charge on any atom is 0.328 e. The van der Waals surface area contributed by atoms with E-state index in [4.69, 9.17) is 21.8 Å². The second-order valence-electron chi connectivity index (χ2n) is 3.26. The standard InChI is InChI=1S/C9H11ClN2O4/c1-4(13)7(9(15)16)12-8(14)6-2-5(10)3-11-6/h2-4,7,11,13H,1H3,(H,12,14)(H,15,16)/t4-,7+/m1/s1. The van der Waals surface area contributed by atoms with Gasteiger partial charge in [0, 0.05) is 6.20 Å². The van der Waals surface area contributed by atoms with E-state index in [2.05, 4.69) is 10.3 Å². The molecule has 0 radical (unpaired) electrons. The SMILES string of the molecule is C[C@@H](O)[C@H](NC(=O)c1cc(Cl)c[nH]1)C(=O)O. The lowest BCUT2D eigenvalue weighted by Crippen LogP contribution is -2.47. The molecule has 0 spiro atoms. The molecule has 7 heteroatoms. The molecule has 2 atom stereocenters. The largest absolute Gasteiger partial charge is 0.480 e. The van der Waals surface area contributed by atoms with Crippen molar-refractivity contribution in [2.24, 2.45) is 0 Å². The van der Waals surface area contributed by atoms with Crippen molar-refractivity contribution in [1.29, 1.82) is 0 Å². The molecule has 0 bridgehead atoms. The van der Waals surface area contributed by atoms with Gasteiger partial charge in [-0.2, -0.15) is 0 Å². The number of carboxylic acids is 1. The molecule has 1 rings (SSSR count). The van der Waals surface area contributed by atoms with Crippen molar-refractivity contribution in [1.82, 2.24) is 10.3 Å². The van der Waals surface area contributed by atoms with Gasteiger partial charge in [-0.3, -0.25) is 4.79 Å². The third-order valence-corrected chi connectivity index (χ3v) is 2.15. The van der Waals surface area contributed by atoms with Gasteiger partial charge < -0.3 is 20.5 Å². The van der Waals surface area contributed by atoms with Crippen LogP contribution in [0.25, 0.3) is 0 Å². The number of carbonyl (C=O) groups is 2. The van der Waals surface area contributed by atoms with E-state index in [9.17, 15) is 9.59 Å². The summed E-state index contributed by atoms with van der Waals surface area (Å²) in [5.74, 6) is -1.94. The monoisotopic (exact) mass is 246 g/mol. The van der Waals surface area contributed by atoms with Gasteiger partial charge in [0.25, 0.3) is 5.91 Å². The number of hydrogen-bond acceptors (Lipinski definition) is 3. The summed E-state index contributed by atoms with van der Waals surface area (Å²) in [5, 5.41) is 20.4. The summed E-state index contributed by atoms with van der Waals surface area (Å²) in [5.41, 5.74) is 0.136. The van der Waals surface area contributed by atoms with Gasteiger partial charge in [-0.15, -0.1) is 0 Å². The Bertz CT molecular complexity index is 402. The predicted octanol–water partition coefficient (Wildman–Crippen LogP) is 0.232. The molecule has 4 N–H and O–H groups in total. The van der Waals surface area contributed by atoms with Crippen molar-refractivity contribution in [3.63, 3.8) is 0 Å². The van der Waals surface area contributed by atoms with E-state index >= 15 is 0 Å². The molecule has 0 aliphatic rings. The zero-order valence-corrected chi connectivity index (χ0v) is 9.15. The van der Waals surface area contributed by atoms with Crippen LogP contribution in [0, 0.1) is 0 Å². The van der Waals surface area contributed by atoms with Gasteiger partial charge in [0.2, 0.25) is 0 Å². The Labute approximate surface area is 96.2 Å². The fourth-order valence-corrected chi connectivity index (χ4v) is 1.27. The normalized spacial score (nSPS) is 14.2. The first-order valence-corrected chi connectivity index (χ1v) is 4.85. The number of nitrogens with one attached hydrogen (secondary N) is 2. The second-order valence-corrected chi connectivity index (χ2v) is 3.70. The van der Waals surface area contributed by atoms with Crippen LogP contribution in [-0.2, 0) is 4.79 Å². The smallest absolute Gasteiger partial charge is 0.328 e. The molecule has 0 saturated heterocycles. The van der Waals surface area contributed by atoms with Gasteiger partial charge in [-0.25, -0.2) is 4.79 Å². The molecular formula is C9H11ClN2O4. The Morgan fingerprint density at radius 2 is 2.19 bits per heavy atom. The fourth-order valence-electron chi connectivity index (χ4n) is 1.11. The number of halogens is 1. The van der Waals surface area contributed by atoms with Crippen LogP contribution >= 0.6 is 11.6 Å². The van der Waals surface area contributed by atoms with Crippen LogP contribution in [0.4, 0.5) is 0 Å². The first-order valence-electron chi connectivity index (χ1n) is 4.47. The summed E-state index contributed by atoms with van der Waals surface area (Å²) in [7, 11) is 0. The number of hydrogen-bond donors (Lipinski definition) is 4. The van der Waals surface area contributed by atoms with E-state index in [-0.39, 0.29) is 5.69 Å². The summed E-state index contributed by atoms with van der Waals surface area (Å²) >= 11 is 5.59. The minimum absolute atomic E-state index is 0.136. The lowest BCUT2D eigenvalue weighted by Gasteiger charge is -2.16. The number of rotatable bonds is 4. The number of carboxylic acid groups (broad SMARTS) is 1. The van der Waals surface area contributed by atoms with Gasteiger partial charge >= 0.3 is 5.97 Å². The summed E-state index contributed by atoms with van der Waals surface area (Å²) in [6.07, 6.45) is 0.209. The fraction of sp³-hybridized carbons (Fsp3) is 0.333. The van der Waals surface area contributed by atoms with Gasteiger partial charge in [-0.05, 0) is 13.0 Å². The lowest BCUT2D eigenvalue weighted by molar-refractivity contribution is -0.141. The first-order chi connectivity index (χ1) is 7.41. The average molecular weight is 247 g/mol. The van der Waals surface area contributed by atoms with Crippen molar-refractivity contribution < 1.29 is 19.8 Å². The molecule has 1 aromatic rings. The molecule has 1 amide bonds. The van der Waals surface area contributed by atoms with Crippen molar-refractivity contribution in [3.8, 4) is 0 Å². The van der Waals surface area contributed by atoms with Gasteiger partial charge in [0.05, 0.1) is 11.1 Å². The van der Waals surface area contributed by atoms with Crippen LogP contribution in [0.1, 0.15) is 17.4 Å². The maximum atomic E-state index is 11.5. The number of H-pyrrole nitrogens is 1. The van der Waals surface area contributed by atoms with E-state index in [1.165, 1.54) is 19.2 Å². The topological polar surface area (TPSA) is 102 Å². The van der Waals surface area contributed by atoms with E-state index in [0.717, 1.165) is 0 Å². The molecule has 0 saturated carbocycles. The third kappa shape index (κ3) is 2.98. The van der Waals surface area contributed by atoms with Crippen LogP contribution in [0.15, 0.2) is 12.3 Å². The van der Waals surface area contributed by atoms with Crippen molar-refractivity contribution in [2.75, 3.05) is 0 Å². The molecule has 0 aliphatic heterocycles. The van der Waals surface area contributed by atoms with E-state index in [1.807, 2.05) is 0 Å². The van der Waals surface area contributed by atoms with E-state index in [0.29, 0.717) is 5.02 Å². The van der Waals surface area contributed by atoms with Crippen LogP contribution in [0.2, 0.25) is 5.02 Å². The Kier molecular flexibility index (Phi) is 3.92. The molecule has 6 nitrogen and oxygen atoms in total. The molecule has 0 aromatic carbocycles. The van der Waals surface area contributed by atoms with Crippen molar-refractivity contribution >= 4 is 23.5 Å². The van der Waals surface area contributed by atoms with Gasteiger partial charge in [0.15, 0.2) is 6.04 Å². The number of aliphatic carboxylic acids is 1. The second kappa shape index (κ2) is 5.00. The number of aliphatic hydroxyl groups excluding tert-OH is 1. The first kappa shape index (κ1) is 12.5. The van der Waals surface area contributed by atoms with Crippen molar-refractivity contribution in [2.45, 2.75) is 19.1 Å². The maximum absolute atomic E-state index is 11.5. The van der Waals surface area contributed by atoms with Gasteiger partial charge in [-0.1, -0.05) is 11.6 Å². The summed E-state index contributed by atoms with van der Waals surface area (Å²) < 4.78 is 0.